The van der Waals surface area contributed by atoms with E-state index in [9.17, 15) is 35.9 Å². The molecule has 10 heteroatoms. The van der Waals surface area contributed by atoms with Crippen LogP contribution in [0.25, 0.3) is 0 Å². The minimum Gasteiger partial charge on any atom is -0.462 e. The lowest BCUT2D eigenvalue weighted by Gasteiger charge is -2.61. The fourth-order valence-corrected chi connectivity index (χ4v) is 8.87. The van der Waals surface area contributed by atoms with Crippen molar-refractivity contribution >= 4 is 11.9 Å². The second kappa shape index (κ2) is 9.40. The van der Waals surface area contributed by atoms with Gasteiger partial charge in [0.1, 0.15) is 0 Å². The van der Waals surface area contributed by atoms with Gasteiger partial charge in [-0.3, -0.25) is 4.79 Å². The average Bonchev–Trinajstić information content (AvgIpc) is 3.20. The molecular formula is C29H35F6NO3. The second-order valence-electron chi connectivity index (χ2n) is 12.7. The summed E-state index contributed by atoms with van der Waals surface area (Å²) >= 11 is 0. The quantitative estimate of drug-likeness (QED) is 0.287. The molecule has 1 aromatic carbocycles. The molecule has 3 saturated carbocycles. The van der Waals surface area contributed by atoms with Crippen LogP contribution in [0, 0.1) is 34.5 Å². The molecule has 1 saturated heterocycles. The van der Waals surface area contributed by atoms with Crippen molar-refractivity contribution < 1.29 is 40.7 Å². The van der Waals surface area contributed by atoms with Gasteiger partial charge in [-0.15, -0.1) is 0 Å². The largest absolute Gasteiger partial charge is 0.462 e. The first kappa shape index (κ1) is 28.3. The lowest BCUT2D eigenvalue weighted by Crippen LogP contribution is -2.61. The third kappa shape index (κ3) is 4.73. The molecule has 3 aliphatic carbocycles. The van der Waals surface area contributed by atoms with Crippen molar-refractivity contribution in [1.82, 2.24) is 4.90 Å². The van der Waals surface area contributed by atoms with E-state index in [0.29, 0.717) is 36.3 Å². The van der Waals surface area contributed by atoms with E-state index in [4.69, 9.17) is 4.74 Å². The van der Waals surface area contributed by atoms with Gasteiger partial charge in [-0.2, -0.15) is 26.3 Å². The Bertz CT molecular complexity index is 1120. The highest BCUT2D eigenvalue weighted by Gasteiger charge is 2.61. The number of rotatable bonds is 3. The van der Waals surface area contributed by atoms with Gasteiger partial charge in [0.05, 0.1) is 23.3 Å². The van der Waals surface area contributed by atoms with Crippen molar-refractivity contribution in [3.8, 4) is 0 Å². The zero-order valence-electron chi connectivity index (χ0n) is 22.4. The van der Waals surface area contributed by atoms with E-state index in [-0.39, 0.29) is 41.4 Å². The van der Waals surface area contributed by atoms with E-state index in [0.717, 1.165) is 44.9 Å². The number of fused-ring (bicyclic) bond motifs is 5. The number of halogens is 6. The topological polar surface area (TPSA) is 46.6 Å². The monoisotopic (exact) mass is 559 g/mol. The molecule has 216 valence electrons. The zero-order valence-corrected chi connectivity index (χ0v) is 22.4. The molecule has 0 radical (unpaired) electrons. The van der Waals surface area contributed by atoms with Crippen molar-refractivity contribution in [2.45, 2.75) is 83.6 Å². The standard InChI is InChI=1S/C29H35F6NO3/c1-26-10-8-22-20(5-7-23-27(22,2)11-9-24(37)36(23)3)21(26)6-4-17(26)15-39-25(38)16-12-18(28(30,31)32)14-19(13-16)29(33,34)35/h12-14,17,20-23H,4-11,15H2,1-3H3/t17?,20-,21-,22-,23+,26+,27+/m0/s1. The first-order chi connectivity index (χ1) is 18.1. The van der Waals surface area contributed by atoms with E-state index < -0.39 is 35.0 Å². The first-order valence-electron chi connectivity index (χ1n) is 13.8. The van der Waals surface area contributed by atoms with Crippen molar-refractivity contribution in [2.75, 3.05) is 13.7 Å². The number of benzene rings is 1. The molecule has 0 spiro atoms. The smallest absolute Gasteiger partial charge is 0.416 e. The number of carbonyl (C=O) groups is 2. The van der Waals surface area contributed by atoms with E-state index in [2.05, 4.69) is 13.8 Å². The number of amides is 1. The minimum absolute atomic E-state index is 0.00698. The number of esters is 1. The van der Waals surface area contributed by atoms with Crippen LogP contribution in [-0.4, -0.2) is 36.5 Å². The predicted octanol–water partition coefficient (Wildman–Crippen LogP) is 7.36. The molecule has 4 fully saturated rings. The number of carbonyl (C=O) groups excluding carboxylic acids is 2. The number of ether oxygens (including phenoxy) is 1. The maximum atomic E-state index is 13.2. The van der Waals surface area contributed by atoms with Crippen LogP contribution in [-0.2, 0) is 21.9 Å². The van der Waals surface area contributed by atoms with Gasteiger partial charge in [-0.05, 0) is 97.6 Å². The van der Waals surface area contributed by atoms with Gasteiger partial charge in [0.25, 0.3) is 0 Å². The van der Waals surface area contributed by atoms with Gasteiger partial charge in [0.15, 0.2) is 0 Å². The van der Waals surface area contributed by atoms with E-state index in [1.165, 1.54) is 0 Å². The molecule has 5 rings (SSSR count). The molecule has 1 aliphatic heterocycles. The van der Waals surface area contributed by atoms with E-state index in [1.807, 2.05) is 11.9 Å². The van der Waals surface area contributed by atoms with Gasteiger partial charge in [0, 0.05) is 19.5 Å². The molecule has 1 unspecified atom stereocenters. The first-order valence-corrected chi connectivity index (χ1v) is 13.8. The molecule has 4 nitrogen and oxygen atoms in total. The Morgan fingerprint density at radius 1 is 0.897 bits per heavy atom. The summed E-state index contributed by atoms with van der Waals surface area (Å²) in [6.45, 7) is 4.51. The Labute approximate surface area is 224 Å². The Balaban J connectivity index is 1.30. The number of likely N-dealkylation sites (tertiary alicyclic amines) is 1. The number of piperidine rings is 1. The third-order valence-electron chi connectivity index (χ3n) is 11.0. The predicted molar refractivity (Wildman–Crippen MR) is 130 cm³/mol. The maximum Gasteiger partial charge on any atom is 0.416 e. The molecular weight excluding hydrogens is 524 g/mol. The molecule has 4 aliphatic rings. The van der Waals surface area contributed by atoms with Crippen LogP contribution in [0.3, 0.4) is 0 Å². The van der Waals surface area contributed by atoms with Crippen LogP contribution in [0.5, 0.6) is 0 Å². The molecule has 7 atom stereocenters. The van der Waals surface area contributed by atoms with Gasteiger partial charge in [0.2, 0.25) is 5.91 Å². The Kier molecular flexibility index (Phi) is 6.81. The van der Waals surface area contributed by atoms with Gasteiger partial charge < -0.3 is 9.64 Å². The van der Waals surface area contributed by atoms with Crippen molar-refractivity contribution in [3.63, 3.8) is 0 Å². The summed E-state index contributed by atoms with van der Waals surface area (Å²) in [4.78, 5) is 27.0. The van der Waals surface area contributed by atoms with E-state index in [1.54, 1.807) is 0 Å². The fraction of sp³-hybridized carbons (Fsp3) is 0.724. The summed E-state index contributed by atoms with van der Waals surface area (Å²) in [6, 6.07) is 1.10. The van der Waals surface area contributed by atoms with Crippen LogP contribution in [0.1, 0.15) is 86.7 Å². The molecule has 1 aromatic rings. The van der Waals surface area contributed by atoms with Crippen molar-refractivity contribution in [1.29, 1.82) is 0 Å². The summed E-state index contributed by atoms with van der Waals surface area (Å²) in [7, 11) is 1.92. The van der Waals surface area contributed by atoms with Gasteiger partial charge in [-0.1, -0.05) is 13.8 Å². The van der Waals surface area contributed by atoms with E-state index >= 15 is 0 Å². The van der Waals surface area contributed by atoms with Crippen LogP contribution < -0.4 is 0 Å². The van der Waals surface area contributed by atoms with Gasteiger partial charge >= 0.3 is 18.3 Å². The number of nitrogens with zero attached hydrogens (tertiary/aromatic N) is 1. The van der Waals surface area contributed by atoms with Crippen LogP contribution in [0.2, 0.25) is 0 Å². The molecule has 1 amide bonds. The maximum absolute atomic E-state index is 13.2. The Morgan fingerprint density at radius 3 is 2.13 bits per heavy atom. The van der Waals surface area contributed by atoms with Crippen LogP contribution in [0.15, 0.2) is 18.2 Å². The molecule has 0 aromatic heterocycles. The van der Waals surface area contributed by atoms with Gasteiger partial charge in [-0.25, -0.2) is 4.79 Å². The number of alkyl halides is 6. The molecule has 0 N–H and O–H groups in total. The number of hydrogen-bond donors (Lipinski definition) is 0. The highest BCUT2D eigenvalue weighted by Crippen LogP contribution is 2.66. The Morgan fingerprint density at radius 2 is 1.51 bits per heavy atom. The third-order valence-corrected chi connectivity index (χ3v) is 11.0. The summed E-state index contributed by atoms with van der Waals surface area (Å²) < 4.78 is 84.8. The van der Waals surface area contributed by atoms with Crippen molar-refractivity contribution in [3.05, 3.63) is 34.9 Å². The summed E-state index contributed by atoms with van der Waals surface area (Å²) in [5.74, 6) is 0.423. The summed E-state index contributed by atoms with van der Waals surface area (Å²) in [5.41, 5.74) is -3.87. The molecule has 1 heterocycles. The van der Waals surface area contributed by atoms with Crippen LogP contribution in [0.4, 0.5) is 26.3 Å². The fourth-order valence-electron chi connectivity index (χ4n) is 8.87. The summed E-state index contributed by atoms with van der Waals surface area (Å²) in [6.07, 6.45) is -2.94. The normalized spacial score (nSPS) is 36.7. The van der Waals surface area contributed by atoms with Crippen molar-refractivity contribution in [2.24, 2.45) is 34.5 Å². The molecule has 39 heavy (non-hydrogen) atoms. The minimum atomic E-state index is -5.03. The average molecular weight is 560 g/mol. The lowest BCUT2D eigenvalue weighted by molar-refractivity contribution is -0.158. The lowest BCUT2D eigenvalue weighted by atomic mass is 9.47. The molecule has 0 bridgehead atoms. The SMILES string of the molecule is CN1C(=O)CC[C@]2(C)[C@H]3CC[C@]4(C)C(COC(=O)c5cc(C(F)(F)F)cc(C(F)(F)F)c5)CC[C@H]4[C@@H]3CC[C@@H]12. The highest BCUT2D eigenvalue weighted by molar-refractivity contribution is 5.90. The highest BCUT2D eigenvalue weighted by atomic mass is 19.4. The second-order valence-corrected chi connectivity index (χ2v) is 12.7. The zero-order chi connectivity index (χ0) is 28.5. The Hall–Kier alpha value is -2.26. The van der Waals surface area contributed by atoms with Crippen LogP contribution >= 0.6 is 0 Å². The number of hydrogen-bond acceptors (Lipinski definition) is 3. The summed E-state index contributed by atoms with van der Waals surface area (Å²) in [5, 5.41) is 0.